The lowest BCUT2D eigenvalue weighted by Crippen LogP contribution is -2.37. The number of methoxy groups -OCH3 is 1. The van der Waals surface area contributed by atoms with Crippen molar-refractivity contribution in [3.05, 3.63) is 65.7 Å². The van der Waals surface area contributed by atoms with Gasteiger partial charge in [0, 0.05) is 13.7 Å². The molecular formula is C22H28N2O3. The summed E-state index contributed by atoms with van der Waals surface area (Å²) in [6.07, 6.45) is 2.43. The minimum atomic E-state index is -0.108. The number of amides is 1. The number of ether oxygens (including phenoxy) is 2. The summed E-state index contributed by atoms with van der Waals surface area (Å²) >= 11 is 0. The van der Waals surface area contributed by atoms with Crippen LogP contribution in [0.3, 0.4) is 0 Å². The Hall–Kier alpha value is -2.37. The number of hydrogen-bond acceptors (Lipinski definition) is 4. The van der Waals surface area contributed by atoms with Crippen molar-refractivity contribution in [3.63, 3.8) is 0 Å². The summed E-state index contributed by atoms with van der Waals surface area (Å²) < 4.78 is 10.7. The predicted octanol–water partition coefficient (Wildman–Crippen LogP) is 3.28. The van der Waals surface area contributed by atoms with Gasteiger partial charge in [-0.05, 0) is 43.6 Å². The molecule has 0 radical (unpaired) electrons. The van der Waals surface area contributed by atoms with Crippen LogP contribution >= 0.6 is 0 Å². The maximum Gasteiger partial charge on any atom is 0.255 e. The number of carbonyl (C=O) groups is 1. The second kappa shape index (κ2) is 10.1. The van der Waals surface area contributed by atoms with Gasteiger partial charge in [0.1, 0.15) is 12.4 Å². The van der Waals surface area contributed by atoms with Gasteiger partial charge in [-0.3, -0.25) is 9.69 Å². The van der Waals surface area contributed by atoms with Crippen molar-refractivity contribution >= 4 is 5.91 Å². The molecule has 1 atom stereocenters. The van der Waals surface area contributed by atoms with Crippen LogP contribution in [0.5, 0.6) is 5.75 Å². The third-order valence-electron chi connectivity index (χ3n) is 4.90. The number of likely N-dealkylation sites (tertiary alicyclic amines) is 1. The highest BCUT2D eigenvalue weighted by Gasteiger charge is 2.24. The maximum absolute atomic E-state index is 12.8. The van der Waals surface area contributed by atoms with Crippen molar-refractivity contribution in [1.29, 1.82) is 0 Å². The van der Waals surface area contributed by atoms with Crippen LogP contribution in [0.15, 0.2) is 54.6 Å². The van der Waals surface area contributed by atoms with E-state index in [1.54, 1.807) is 13.2 Å². The minimum Gasteiger partial charge on any atom is -0.490 e. The van der Waals surface area contributed by atoms with Gasteiger partial charge in [-0.1, -0.05) is 42.5 Å². The largest absolute Gasteiger partial charge is 0.490 e. The molecule has 0 bridgehead atoms. The number of nitrogens with zero attached hydrogens (tertiary/aromatic N) is 1. The van der Waals surface area contributed by atoms with Gasteiger partial charge in [0.2, 0.25) is 0 Å². The Morgan fingerprint density at radius 2 is 1.74 bits per heavy atom. The highest BCUT2D eigenvalue weighted by Crippen LogP contribution is 2.25. The van der Waals surface area contributed by atoms with Crippen molar-refractivity contribution in [3.8, 4) is 5.75 Å². The summed E-state index contributed by atoms with van der Waals surface area (Å²) in [5.41, 5.74) is 1.80. The van der Waals surface area contributed by atoms with E-state index in [0.29, 0.717) is 31.1 Å². The Labute approximate surface area is 161 Å². The van der Waals surface area contributed by atoms with Gasteiger partial charge in [0.05, 0.1) is 18.2 Å². The van der Waals surface area contributed by atoms with E-state index in [2.05, 4.69) is 34.5 Å². The summed E-state index contributed by atoms with van der Waals surface area (Å²) in [5, 5.41) is 3.11. The molecule has 3 rings (SSSR count). The molecule has 1 N–H and O–H groups in total. The first-order valence-electron chi connectivity index (χ1n) is 9.57. The second-order valence-electron chi connectivity index (χ2n) is 6.72. The maximum atomic E-state index is 12.8. The Bertz CT molecular complexity index is 715. The average Bonchev–Trinajstić information content (AvgIpc) is 3.24. The van der Waals surface area contributed by atoms with Crippen LogP contribution in [-0.2, 0) is 4.74 Å². The summed E-state index contributed by atoms with van der Waals surface area (Å²) in [4.78, 5) is 15.3. The number of nitrogens with one attached hydrogen (secondary N) is 1. The zero-order chi connectivity index (χ0) is 18.9. The highest BCUT2D eigenvalue weighted by atomic mass is 16.5. The number of carbonyl (C=O) groups excluding carboxylic acids is 1. The van der Waals surface area contributed by atoms with Gasteiger partial charge in [0.25, 0.3) is 5.91 Å². The van der Waals surface area contributed by atoms with Crippen molar-refractivity contribution in [2.75, 3.05) is 40.0 Å². The molecule has 1 heterocycles. The smallest absolute Gasteiger partial charge is 0.255 e. The number of rotatable bonds is 9. The Kier molecular flexibility index (Phi) is 7.25. The third kappa shape index (κ3) is 5.31. The van der Waals surface area contributed by atoms with Crippen LogP contribution in [0.1, 0.15) is 34.8 Å². The molecule has 1 aliphatic heterocycles. The molecule has 0 saturated carbocycles. The van der Waals surface area contributed by atoms with Crippen LogP contribution in [0.25, 0.3) is 0 Å². The van der Waals surface area contributed by atoms with Crippen molar-refractivity contribution < 1.29 is 14.3 Å². The van der Waals surface area contributed by atoms with Crippen molar-refractivity contribution in [2.45, 2.75) is 18.9 Å². The van der Waals surface area contributed by atoms with Crippen molar-refractivity contribution in [2.24, 2.45) is 0 Å². The normalized spacial score (nSPS) is 15.4. The van der Waals surface area contributed by atoms with E-state index in [4.69, 9.17) is 9.47 Å². The number of hydrogen-bond donors (Lipinski definition) is 1. The first-order valence-corrected chi connectivity index (χ1v) is 9.57. The Morgan fingerprint density at radius 1 is 1.04 bits per heavy atom. The lowest BCUT2D eigenvalue weighted by atomic mass is 10.1. The van der Waals surface area contributed by atoms with Crippen LogP contribution in [0, 0.1) is 0 Å². The van der Waals surface area contributed by atoms with Crippen molar-refractivity contribution in [1.82, 2.24) is 10.2 Å². The first-order chi connectivity index (χ1) is 13.3. The van der Waals surface area contributed by atoms with E-state index in [1.807, 2.05) is 24.3 Å². The van der Waals surface area contributed by atoms with E-state index in [-0.39, 0.29) is 11.9 Å². The van der Waals surface area contributed by atoms with Gasteiger partial charge in [-0.2, -0.15) is 0 Å². The first kappa shape index (κ1) is 19.4. The molecule has 1 unspecified atom stereocenters. The van der Waals surface area contributed by atoms with Gasteiger partial charge >= 0.3 is 0 Å². The van der Waals surface area contributed by atoms with Gasteiger partial charge in [-0.15, -0.1) is 0 Å². The Balaban J connectivity index is 1.67. The summed E-state index contributed by atoms with van der Waals surface area (Å²) in [7, 11) is 1.63. The SMILES string of the molecule is COCCOc1ccccc1C(=O)NCC(c1ccccc1)N1CCCC1. The highest BCUT2D eigenvalue weighted by molar-refractivity contribution is 5.96. The molecular weight excluding hydrogens is 340 g/mol. The zero-order valence-electron chi connectivity index (χ0n) is 15.9. The van der Waals surface area contributed by atoms with Crippen LogP contribution < -0.4 is 10.1 Å². The van der Waals surface area contributed by atoms with E-state index < -0.39 is 0 Å². The van der Waals surface area contributed by atoms with Crippen LogP contribution in [0.2, 0.25) is 0 Å². The topological polar surface area (TPSA) is 50.8 Å². The minimum absolute atomic E-state index is 0.108. The monoisotopic (exact) mass is 368 g/mol. The molecule has 2 aromatic rings. The summed E-state index contributed by atoms with van der Waals surface area (Å²) in [6.45, 7) is 3.63. The lowest BCUT2D eigenvalue weighted by Gasteiger charge is -2.28. The lowest BCUT2D eigenvalue weighted by molar-refractivity contribution is 0.0930. The number of para-hydroxylation sites is 1. The third-order valence-corrected chi connectivity index (χ3v) is 4.90. The second-order valence-corrected chi connectivity index (χ2v) is 6.72. The molecule has 5 nitrogen and oxygen atoms in total. The molecule has 1 fully saturated rings. The molecule has 0 spiro atoms. The predicted molar refractivity (Wildman–Crippen MR) is 106 cm³/mol. The van der Waals surface area contributed by atoms with Gasteiger partial charge in [0.15, 0.2) is 0 Å². The van der Waals surface area contributed by atoms with E-state index >= 15 is 0 Å². The fourth-order valence-electron chi connectivity index (χ4n) is 3.49. The molecule has 1 saturated heterocycles. The van der Waals surface area contributed by atoms with Crippen LogP contribution in [0.4, 0.5) is 0 Å². The fraction of sp³-hybridized carbons (Fsp3) is 0.409. The average molecular weight is 368 g/mol. The number of benzene rings is 2. The molecule has 5 heteroatoms. The van der Waals surface area contributed by atoms with E-state index in [0.717, 1.165) is 13.1 Å². The summed E-state index contributed by atoms with van der Waals surface area (Å²) in [6, 6.07) is 17.9. The summed E-state index contributed by atoms with van der Waals surface area (Å²) in [5.74, 6) is 0.479. The molecule has 2 aromatic carbocycles. The quantitative estimate of drug-likeness (QED) is 0.690. The van der Waals surface area contributed by atoms with Gasteiger partial charge < -0.3 is 14.8 Å². The molecule has 0 aromatic heterocycles. The molecule has 144 valence electrons. The Morgan fingerprint density at radius 3 is 2.48 bits per heavy atom. The molecule has 0 aliphatic carbocycles. The van der Waals surface area contributed by atoms with E-state index in [9.17, 15) is 4.79 Å². The molecule has 1 aliphatic rings. The van der Waals surface area contributed by atoms with Gasteiger partial charge in [-0.25, -0.2) is 0 Å². The molecule has 27 heavy (non-hydrogen) atoms. The standard InChI is InChI=1S/C22H28N2O3/c1-26-15-16-27-21-12-6-5-11-19(21)22(25)23-17-20(24-13-7-8-14-24)18-9-3-2-4-10-18/h2-6,9-12,20H,7-8,13-17H2,1H3,(H,23,25). The van der Waals surface area contributed by atoms with E-state index in [1.165, 1.54) is 18.4 Å². The zero-order valence-corrected chi connectivity index (χ0v) is 15.9. The fourth-order valence-corrected chi connectivity index (χ4v) is 3.49. The van der Waals surface area contributed by atoms with Crippen LogP contribution in [-0.4, -0.2) is 50.8 Å². The molecule has 1 amide bonds.